The quantitative estimate of drug-likeness (QED) is 0.524. The van der Waals surface area contributed by atoms with Gasteiger partial charge in [0.15, 0.2) is 0 Å². The Labute approximate surface area is 153 Å². The molecule has 6 nitrogen and oxygen atoms in total. The zero-order valence-electron chi connectivity index (χ0n) is 14.7. The second-order valence-corrected chi connectivity index (χ2v) is 7.42. The minimum absolute atomic E-state index is 0. The number of benzene rings is 1. The molecular weight excluding hydrogens is 338 g/mol. The van der Waals surface area contributed by atoms with Crippen molar-refractivity contribution in [1.82, 2.24) is 4.90 Å². The molecule has 0 aliphatic heterocycles. The Morgan fingerprint density at radius 2 is 1.60 bits per heavy atom. The van der Waals surface area contributed by atoms with Crippen molar-refractivity contribution in [2.45, 2.75) is 59.5 Å². The molecule has 1 aromatic carbocycles. The highest BCUT2D eigenvalue weighted by molar-refractivity contribution is 7.90. The van der Waals surface area contributed by atoms with Crippen LogP contribution in [-0.4, -0.2) is 38.1 Å². The van der Waals surface area contributed by atoms with E-state index in [4.69, 9.17) is 5.14 Å². The van der Waals surface area contributed by atoms with Gasteiger partial charge in [-0.1, -0.05) is 46.2 Å². The van der Waals surface area contributed by atoms with Crippen LogP contribution in [0.2, 0.25) is 0 Å². The number of aliphatic hydroxyl groups is 1. The molecule has 0 aliphatic carbocycles. The fourth-order valence-electron chi connectivity index (χ4n) is 2.51. The molecule has 0 saturated carbocycles. The van der Waals surface area contributed by atoms with Gasteiger partial charge in [-0.05, 0) is 50.0 Å². The third-order valence-corrected chi connectivity index (χ3v) is 4.45. The van der Waals surface area contributed by atoms with Crippen molar-refractivity contribution in [2.24, 2.45) is 5.14 Å². The summed E-state index contributed by atoms with van der Waals surface area (Å²) in [6.45, 7) is 7.37. The summed E-state index contributed by atoms with van der Waals surface area (Å²) in [7, 11) is -3.77. The van der Waals surface area contributed by atoms with Crippen LogP contribution in [0.4, 0.5) is 5.69 Å². The van der Waals surface area contributed by atoms with Crippen LogP contribution in [0, 0.1) is 0 Å². The van der Waals surface area contributed by atoms with Gasteiger partial charge in [-0.3, -0.25) is 4.72 Å². The van der Waals surface area contributed by atoms with E-state index in [9.17, 15) is 13.5 Å². The Morgan fingerprint density at radius 1 is 1.08 bits per heavy atom. The first-order valence-electron chi connectivity index (χ1n) is 8.66. The first-order chi connectivity index (χ1) is 11.4. The van der Waals surface area contributed by atoms with Gasteiger partial charge in [0.1, 0.15) is 0 Å². The monoisotopic (exact) mass is 373 g/mol. The van der Waals surface area contributed by atoms with E-state index in [-0.39, 0.29) is 7.43 Å². The summed E-state index contributed by atoms with van der Waals surface area (Å²) in [4.78, 5) is 2.41. The Kier molecular flexibility index (Phi) is 11.7. The number of anilines is 1. The van der Waals surface area contributed by atoms with Gasteiger partial charge in [0.2, 0.25) is 0 Å². The number of nitrogens with two attached hydrogens (primary N) is 1. The predicted molar refractivity (Wildman–Crippen MR) is 106 cm³/mol. The van der Waals surface area contributed by atoms with E-state index >= 15 is 0 Å². The summed E-state index contributed by atoms with van der Waals surface area (Å²) in [5, 5.41) is 15.3. The van der Waals surface area contributed by atoms with E-state index in [1.54, 1.807) is 24.3 Å². The molecule has 4 N–H and O–H groups in total. The van der Waals surface area contributed by atoms with Crippen LogP contribution in [-0.2, 0) is 10.2 Å². The minimum Gasteiger partial charge on any atom is -0.388 e. The van der Waals surface area contributed by atoms with Crippen molar-refractivity contribution in [3.63, 3.8) is 0 Å². The Balaban J connectivity index is 0.00000576. The Bertz CT molecular complexity index is 553. The van der Waals surface area contributed by atoms with Gasteiger partial charge in [-0.15, -0.1) is 0 Å². The van der Waals surface area contributed by atoms with E-state index in [0.29, 0.717) is 12.1 Å². The minimum atomic E-state index is -3.77. The number of nitrogens with one attached hydrogen (secondary N) is 1. The lowest BCUT2D eigenvalue weighted by atomic mass is 10.1. The second kappa shape index (κ2) is 12.2. The van der Waals surface area contributed by atoms with Crippen LogP contribution in [0.1, 0.15) is 65.0 Å². The van der Waals surface area contributed by atoms with Crippen LogP contribution >= 0.6 is 0 Å². The van der Waals surface area contributed by atoms with Gasteiger partial charge in [-0.2, -0.15) is 8.42 Å². The van der Waals surface area contributed by atoms with Gasteiger partial charge in [0.25, 0.3) is 10.2 Å². The van der Waals surface area contributed by atoms with Crippen LogP contribution in [0.25, 0.3) is 0 Å². The van der Waals surface area contributed by atoms with Crippen LogP contribution in [0.5, 0.6) is 0 Å². The average Bonchev–Trinajstić information content (AvgIpc) is 2.53. The fourth-order valence-corrected chi connectivity index (χ4v) is 2.97. The highest BCUT2D eigenvalue weighted by atomic mass is 32.2. The lowest BCUT2D eigenvalue weighted by Gasteiger charge is -2.23. The lowest BCUT2D eigenvalue weighted by Crippen LogP contribution is -2.28. The van der Waals surface area contributed by atoms with E-state index in [0.717, 1.165) is 25.2 Å². The fraction of sp³-hybridized carbons (Fsp3) is 0.667. The average molecular weight is 374 g/mol. The summed E-state index contributed by atoms with van der Waals surface area (Å²) < 4.78 is 24.2. The molecule has 0 bridgehead atoms. The standard InChI is InChI=1S/C17H31N3O3S.CH4/c1-3-5-12-20(13-6-4-2)14-11-17(21)15-7-9-16(10-8-15)19-24(18,22)23;/h7-10,17,19,21H,3-6,11-14H2,1-2H3,(H2,18,22,23);1H4. The molecule has 25 heavy (non-hydrogen) atoms. The molecule has 0 amide bonds. The first kappa shape index (κ1) is 23.9. The molecule has 0 spiro atoms. The van der Waals surface area contributed by atoms with Crippen LogP contribution in [0.3, 0.4) is 0 Å². The molecule has 0 heterocycles. The van der Waals surface area contributed by atoms with Crippen molar-refractivity contribution in [3.8, 4) is 0 Å². The highest BCUT2D eigenvalue weighted by Crippen LogP contribution is 2.20. The maximum Gasteiger partial charge on any atom is 0.296 e. The molecule has 1 unspecified atom stereocenters. The largest absolute Gasteiger partial charge is 0.388 e. The SMILES string of the molecule is C.CCCCN(CCCC)CCC(O)c1ccc(NS(N)(=O)=O)cc1. The van der Waals surface area contributed by atoms with Crippen LogP contribution in [0.15, 0.2) is 24.3 Å². The van der Waals surface area contributed by atoms with Gasteiger partial charge < -0.3 is 10.0 Å². The predicted octanol–water partition coefficient (Wildman–Crippen LogP) is 3.26. The molecule has 0 aromatic heterocycles. The number of unbranched alkanes of at least 4 members (excludes halogenated alkanes) is 2. The number of rotatable bonds is 12. The van der Waals surface area contributed by atoms with E-state index in [1.165, 1.54) is 25.7 Å². The molecule has 7 heteroatoms. The van der Waals surface area contributed by atoms with Crippen molar-refractivity contribution in [1.29, 1.82) is 0 Å². The van der Waals surface area contributed by atoms with Crippen LogP contribution < -0.4 is 9.86 Å². The Hall–Kier alpha value is -1.15. The van der Waals surface area contributed by atoms with Crippen molar-refractivity contribution in [3.05, 3.63) is 29.8 Å². The van der Waals surface area contributed by atoms with E-state index in [2.05, 4.69) is 23.5 Å². The van der Waals surface area contributed by atoms with E-state index < -0.39 is 16.3 Å². The topological polar surface area (TPSA) is 95.7 Å². The summed E-state index contributed by atoms with van der Waals surface area (Å²) in [6.07, 6.45) is 4.80. The molecule has 0 radical (unpaired) electrons. The number of nitrogens with zero attached hydrogens (tertiary/aromatic N) is 1. The van der Waals surface area contributed by atoms with Gasteiger partial charge >= 0.3 is 0 Å². The molecule has 0 saturated heterocycles. The number of hydrogen-bond donors (Lipinski definition) is 3. The summed E-state index contributed by atoms with van der Waals surface area (Å²) in [6, 6.07) is 6.66. The first-order valence-corrected chi connectivity index (χ1v) is 10.2. The molecule has 1 aromatic rings. The zero-order valence-corrected chi connectivity index (χ0v) is 15.6. The van der Waals surface area contributed by atoms with Gasteiger partial charge in [-0.25, -0.2) is 5.14 Å². The summed E-state index contributed by atoms with van der Waals surface area (Å²) in [5.41, 5.74) is 1.17. The molecule has 146 valence electrons. The second-order valence-electron chi connectivity index (χ2n) is 6.12. The molecule has 1 atom stereocenters. The van der Waals surface area contributed by atoms with E-state index in [1.807, 2.05) is 0 Å². The van der Waals surface area contributed by atoms with Crippen molar-refractivity contribution < 1.29 is 13.5 Å². The normalized spacial score (nSPS) is 12.7. The third-order valence-electron chi connectivity index (χ3n) is 3.93. The molecule has 0 fully saturated rings. The van der Waals surface area contributed by atoms with Crippen molar-refractivity contribution >= 4 is 15.9 Å². The number of hydrogen-bond acceptors (Lipinski definition) is 4. The molecule has 0 aliphatic rings. The molecular formula is C18H35N3O3S. The smallest absolute Gasteiger partial charge is 0.296 e. The Morgan fingerprint density at radius 3 is 2.04 bits per heavy atom. The summed E-state index contributed by atoms with van der Waals surface area (Å²) in [5.74, 6) is 0. The summed E-state index contributed by atoms with van der Waals surface area (Å²) >= 11 is 0. The maximum atomic E-state index is 11.0. The molecule has 1 rings (SSSR count). The number of aliphatic hydroxyl groups excluding tert-OH is 1. The zero-order chi connectivity index (χ0) is 18.0. The van der Waals surface area contributed by atoms with Gasteiger partial charge in [0.05, 0.1) is 6.10 Å². The maximum absolute atomic E-state index is 11.0. The highest BCUT2D eigenvalue weighted by Gasteiger charge is 2.11. The van der Waals surface area contributed by atoms with Gasteiger partial charge in [0, 0.05) is 12.2 Å². The van der Waals surface area contributed by atoms with Crippen molar-refractivity contribution in [2.75, 3.05) is 24.4 Å². The third kappa shape index (κ3) is 10.4. The lowest BCUT2D eigenvalue weighted by molar-refractivity contribution is 0.140.